The van der Waals surface area contributed by atoms with Crippen LogP contribution in [0.25, 0.3) is 71.0 Å². The monoisotopic (exact) mass is 644 g/mol. The summed E-state index contributed by atoms with van der Waals surface area (Å²) in [6.45, 7) is 0. The van der Waals surface area contributed by atoms with Gasteiger partial charge < -0.3 is 4.57 Å². The van der Waals surface area contributed by atoms with Crippen molar-refractivity contribution < 1.29 is 4.57 Å². The maximum atomic E-state index is 15.5. The number of imidazole rings is 1. The van der Waals surface area contributed by atoms with Crippen LogP contribution in [0, 0.1) is 0 Å². The molecular formula is C45H29N2OP. The van der Waals surface area contributed by atoms with E-state index in [1.54, 1.807) is 0 Å². The Morgan fingerprint density at radius 2 is 1.00 bits per heavy atom. The van der Waals surface area contributed by atoms with E-state index in [2.05, 4.69) is 114 Å². The van der Waals surface area contributed by atoms with Crippen molar-refractivity contribution in [2.24, 2.45) is 0 Å². The molecule has 3 nitrogen and oxygen atoms in total. The highest BCUT2D eigenvalue weighted by atomic mass is 31.2. The van der Waals surface area contributed by atoms with Crippen molar-refractivity contribution in [3.05, 3.63) is 176 Å². The first-order chi connectivity index (χ1) is 24.1. The molecular weight excluding hydrogens is 615 g/mol. The Bertz CT molecular complexity index is 2920. The lowest BCUT2D eigenvalue weighted by molar-refractivity contribution is 0.592. The van der Waals surface area contributed by atoms with E-state index in [1.165, 1.54) is 32.7 Å². The molecule has 0 saturated carbocycles. The van der Waals surface area contributed by atoms with Crippen LogP contribution in [0.2, 0.25) is 0 Å². The van der Waals surface area contributed by atoms with Gasteiger partial charge in [0.2, 0.25) is 0 Å². The Balaban J connectivity index is 1.27. The van der Waals surface area contributed by atoms with Gasteiger partial charge in [0.1, 0.15) is 5.65 Å². The molecule has 0 fully saturated rings. The predicted octanol–water partition coefficient (Wildman–Crippen LogP) is 10.4. The lowest BCUT2D eigenvalue weighted by Crippen LogP contribution is -2.25. The van der Waals surface area contributed by atoms with Crippen molar-refractivity contribution in [1.82, 2.24) is 9.38 Å². The molecule has 2 aromatic heterocycles. The van der Waals surface area contributed by atoms with E-state index in [0.717, 1.165) is 54.3 Å². The third kappa shape index (κ3) is 4.30. The Morgan fingerprint density at radius 3 is 1.76 bits per heavy atom. The Morgan fingerprint density at radius 1 is 0.408 bits per heavy atom. The molecule has 49 heavy (non-hydrogen) atoms. The van der Waals surface area contributed by atoms with Crippen molar-refractivity contribution in [1.29, 1.82) is 0 Å². The number of pyridine rings is 1. The Labute approximate surface area is 283 Å². The van der Waals surface area contributed by atoms with E-state index >= 15 is 4.57 Å². The fourth-order valence-electron chi connectivity index (χ4n) is 7.56. The molecule has 2 heterocycles. The quantitative estimate of drug-likeness (QED) is 0.109. The van der Waals surface area contributed by atoms with Gasteiger partial charge in [0.25, 0.3) is 0 Å². The van der Waals surface area contributed by atoms with Gasteiger partial charge in [0, 0.05) is 26.7 Å². The molecule has 0 aliphatic heterocycles. The lowest BCUT2D eigenvalue weighted by Gasteiger charge is -2.21. The average molecular weight is 645 g/mol. The van der Waals surface area contributed by atoms with Gasteiger partial charge in [-0.25, -0.2) is 4.98 Å². The van der Waals surface area contributed by atoms with Crippen LogP contribution < -0.4 is 15.9 Å². The minimum absolute atomic E-state index is 0.801. The molecule has 0 aliphatic carbocycles. The minimum Gasteiger partial charge on any atom is -0.309 e. The molecule has 0 saturated heterocycles. The normalized spacial score (nSPS) is 12.2. The van der Waals surface area contributed by atoms with Crippen molar-refractivity contribution >= 4 is 83.0 Å². The zero-order chi connectivity index (χ0) is 32.5. The first-order valence-corrected chi connectivity index (χ1v) is 18.3. The molecule has 0 unspecified atom stereocenters. The van der Waals surface area contributed by atoms with Crippen LogP contribution >= 0.6 is 7.14 Å². The summed E-state index contributed by atoms with van der Waals surface area (Å²) in [6, 6.07) is 60.9. The van der Waals surface area contributed by atoms with Gasteiger partial charge in [-0.2, -0.15) is 0 Å². The maximum absolute atomic E-state index is 15.5. The van der Waals surface area contributed by atoms with E-state index in [0.29, 0.717) is 0 Å². The second kappa shape index (κ2) is 10.8. The summed E-state index contributed by atoms with van der Waals surface area (Å²) in [5.41, 5.74) is 6.23. The summed E-state index contributed by atoms with van der Waals surface area (Å²) in [4.78, 5) is 5.20. The SMILES string of the molecule is O=P(c1ccccc1)(c1ccccc1)c1ccc2c3cc4cc(-c5ccc6ccccc6c5)ccc4cc3c3nc4ccccc4n3c2c1. The van der Waals surface area contributed by atoms with Gasteiger partial charge >= 0.3 is 0 Å². The molecule has 0 radical (unpaired) electrons. The van der Waals surface area contributed by atoms with Crippen LogP contribution in [0.3, 0.4) is 0 Å². The fraction of sp³-hybridized carbons (Fsp3) is 0. The molecule has 8 aromatic carbocycles. The van der Waals surface area contributed by atoms with Crippen molar-refractivity contribution in [3.8, 4) is 11.1 Å². The van der Waals surface area contributed by atoms with Crippen LogP contribution in [-0.4, -0.2) is 9.38 Å². The number of rotatable bonds is 4. The van der Waals surface area contributed by atoms with Gasteiger partial charge in [-0.3, -0.25) is 4.40 Å². The lowest BCUT2D eigenvalue weighted by atomic mass is 9.96. The number of hydrogen-bond acceptors (Lipinski definition) is 2. The average Bonchev–Trinajstić information content (AvgIpc) is 3.57. The van der Waals surface area contributed by atoms with E-state index in [-0.39, 0.29) is 0 Å². The number of benzene rings is 8. The highest BCUT2D eigenvalue weighted by molar-refractivity contribution is 7.85. The van der Waals surface area contributed by atoms with Gasteiger partial charge in [-0.1, -0.05) is 133 Å². The topological polar surface area (TPSA) is 34.4 Å². The molecule has 0 aliphatic rings. The largest absolute Gasteiger partial charge is 0.309 e. The van der Waals surface area contributed by atoms with Gasteiger partial charge in [-0.15, -0.1) is 0 Å². The predicted molar refractivity (Wildman–Crippen MR) is 208 cm³/mol. The molecule has 0 atom stereocenters. The number of aromatic nitrogens is 2. The first kappa shape index (κ1) is 28.0. The maximum Gasteiger partial charge on any atom is 0.171 e. The molecule has 230 valence electrons. The smallest absolute Gasteiger partial charge is 0.171 e. The summed E-state index contributed by atoms with van der Waals surface area (Å²) < 4.78 is 17.7. The summed E-state index contributed by atoms with van der Waals surface area (Å²) >= 11 is 0. The summed E-state index contributed by atoms with van der Waals surface area (Å²) in [7, 11) is -3.19. The van der Waals surface area contributed by atoms with Crippen LogP contribution in [0.4, 0.5) is 0 Å². The van der Waals surface area contributed by atoms with Crippen LogP contribution in [-0.2, 0) is 4.57 Å². The van der Waals surface area contributed by atoms with Gasteiger partial charge in [0.05, 0.1) is 16.6 Å². The van der Waals surface area contributed by atoms with Gasteiger partial charge in [-0.05, 0) is 80.5 Å². The summed E-state index contributed by atoms with van der Waals surface area (Å²) in [5.74, 6) is 0. The van der Waals surface area contributed by atoms with Crippen LogP contribution in [0.15, 0.2) is 176 Å². The molecule has 0 spiro atoms. The zero-order valence-electron chi connectivity index (χ0n) is 26.5. The molecule has 0 amide bonds. The van der Waals surface area contributed by atoms with Crippen molar-refractivity contribution in [2.75, 3.05) is 0 Å². The Hall–Kier alpha value is -6.02. The second-order valence-corrected chi connectivity index (χ2v) is 15.5. The molecule has 10 rings (SSSR count). The third-order valence-corrected chi connectivity index (χ3v) is 13.0. The van der Waals surface area contributed by atoms with E-state index in [9.17, 15) is 0 Å². The number of para-hydroxylation sites is 2. The zero-order valence-corrected chi connectivity index (χ0v) is 27.4. The summed E-state index contributed by atoms with van der Waals surface area (Å²) in [5, 5.41) is 10.6. The first-order valence-electron chi connectivity index (χ1n) is 16.6. The highest BCUT2D eigenvalue weighted by Gasteiger charge is 2.30. The van der Waals surface area contributed by atoms with E-state index in [1.807, 2.05) is 66.7 Å². The third-order valence-electron chi connectivity index (χ3n) is 9.98. The molecule has 10 aromatic rings. The van der Waals surface area contributed by atoms with Crippen molar-refractivity contribution in [2.45, 2.75) is 0 Å². The van der Waals surface area contributed by atoms with Crippen molar-refractivity contribution in [3.63, 3.8) is 0 Å². The van der Waals surface area contributed by atoms with Crippen LogP contribution in [0.1, 0.15) is 0 Å². The minimum atomic E-state index is -3.19. The Kier molecular flexibility index (Phi) is 6.15. The van der Waals surface area contributed by atoms with Gasteiger partial charge in [0.15, 0.2) is 7.14 Å². The summed E-state index contributed by atoms with van der Waals surface area (Å²) in [6.07, 6.45) is 0. The molecule has 0 N–H and O–H groups in total. The highest BCUT2D eigenvalue weighted by Crippen LogP contribution is 2.44. The number of fused-ring (bicyclic) bond motifs is 10. The second-order valence-electron chi connectivity index (χ2n) is 12.8. The fourth-order valence-corrected chi connectivity index (χ4v) is 10.2. The van der Waals surface area contributed by atoms with E-state index in [4.69, 9.17) is 4.98 Å². The van der Waals surface area contributed by atoms with Crippen LogP contribution in [0.5, 0.6) is 0 Å². The molecule has 4 heteroatoms. The number of nitrogens with zero attached hydrogens (tertiary/aromatic N) is 2. The van der Waals surface area contributed by atoms with E-state index < -0.39 is 7.14 Å². The standard InChI is InChI=1S/C45H29N2OP/c48-49(36-13-3-1-4-14-36,37-15-5-2-6-16-37)38-23-24-39-40-28-35-26-33(32-20-19-30-11-7-8-12-31(30)25-32)21-22-34(35)27-41(40)45-46-42-17-9-10-18-43(42)47(45)44(39)29-38/h1-29H. The number of hydrogen-bond donors (Lipinski definition) is 0. The molecule has 0 bridgehead atoms.